The fourth-order valence-corrected chi connectivity index (χ4v) is 3.73. The van der Waals surface area contributed by atoms with Gasteiger partial charge >= 0.3 is 0 Å². The number of rotatable bonds is 4. The summed E-state index contributed by atoms with van der Waals surface area (Å²) in [5.41, 5.74) is 1.94. The molecule has 0 aromatic carbocycles. The Morgan fingerprint density at radius 1 is 1.40 bits per heavy atom. The molecule has 2 aliphatic heterocycles. The predicted octanol–water partition coefficient (Wildman–Crippen LogP) is 2.08. The van der Waals surface area contributed by atoms with Gasteiger partial charge in [-0.1, -0.05) is 6.92 Å². The number of hydrogen-bond acceptors (Lipinski definition) is 3. The molecule has 112 valence electrons. The van der Waals surface area contributed by atoms with Gasteiger partial charge in [-0.3, -0.25) is 4.68 Å². The van der Waals surface area contributed by atoms with E-state index in [0.717, 1.165) is 12.5 Å². The number of likely N-dealkylation sites (tertiary alicyclic amines) is 1. The van der Waals surface area contributed by atoms with Crippen LogP contribution >= 0.6 is 0 Å². The monoisotopic (exact) mass is 276 g/mol. The summed E-state index contributed by atoms with van der Waals surface area (Å²) in [6, 6.07) is 0. The molecule has 3 rings (SSSR count). The van der Waals surface area contributed by atoms with Gasteiger partial charge in [0, 0.05) is 25.8 Å². The molecule has 20 heavy (non-hydrogen) atoms. The van der Waals surface area contributed by atoms with E-state index in [-0.39, 0.29) is 0 Å². The van der Waals surface area contributed by atoms with E-state index in [9.17, 15) is 0 Å². The lowest BCUT2D eigenvalue weighted by atomic mass is 9.86. The number of nitrogens with zero attached hydrogens (tertiary/aromatic N) is 3. The van der Waals surface area contributed by atoms with Crippen LogP contribution in [0, 0.1) is 5.41 Å². The summed E-state index contributed by atoms with van der Waals surface area (Å²) in [7, 11) is 0. The van der Waals surface area contributed by atoms with E-state index in [0.29, 0.717) is 5.41 Å². The second-order valence-electron chi connectivity index (χ2n) is 6.92. The Morgan fingerprint density at radius 3 is 2.80 bits per heavy atom. The molecule has 0 amide bonds. The van der Waals surface area contributed by atoms with Crippen molar-refractivity contribution in [3.8, 4) is 0 Å². The largest absolute Gasteiger partial charge is 0.316 e. The maximum Gasteiger partial charge on any atom is 0.0524 e. The van der Waals surface area contributed by atoms with Crippen LogP contribution in [0.4, 0.5) is 0 Å². The van der Waals surface area contributed by atoms with E-state index >= 15 is 0 Å². The number of aryl methyl sites for hydroxylation is 1. The van der Waals surface area contributed by atoms with E-state index < -0.39 is 0 Å². The molecule has 0 saturated carbocycles. The van der Waals surface area contributed by atoms with E-state index in [1.807, 2.05) is 4.68 Å². The molecule has 1 aromatic rings. The molecule has 0 spiro atoms. The van der Waals surface area contributed by atoms with Crippen LogP contribution in [0.1, 0.15) is 44.6 Å². The smallest absolute Gasteiger partial charge is 0.0524 e. The summed E-state index contributed by atoms with van der Waals surface area (Å²) in [6.07, 6.45) is 8.22. The SMILES string of the molecule is CCn1cc(C2CCN(CC3(C)CCNC3)CC2)cn1. The normalized spacial score (nSPS) is 29.1. The van der Waals surface area contributed by atoms with Crippen LogP contribution in [0.25, 0.3) is 0 Å². The van der Waals surface area contributed by atoms with Crippen molar-refractivity contribution in [3.05, 3.63) is 18.0 Å². The van der Waals surface area contributed by atoms with Crippen LogP contribution in [0.3, 0.4) is 0 Å². The summed E-state index contributed by atoms with van der Waals surface area (Å²) >= 11 is 0. The first-order chi connectivity index (χ1) is 9.68. The Morgan fingerprint density at radius 2 is 2.20 bits per heavy atom. The van der Waals surface area contributed by atoms with Gasteiger partial charge < -0.3 is 10.2 Å². The minimum atomic E-state index is 0.500. The molecular weight excluding hydrogens is 248 g/mol. The lowest BCUT2D eigenvalue weighted by Crippen LogP contribution is -2.41. The van der Waals surface area contributed by atoms with Gasteiger partial charge in [0.15, 0.2) is 0 Å². The Labute approximate surface area is 122 Å². The first-order valence-corrected chi connectivity index (χ1v) is 8.14. The topological polar surface area (TPSA) is 33.1 Å². The average molecular weight is 276 g/mol. The van der Waals surface area contributed by atoms with Crippen LogP contribution in [0.5, 0.6) is 0 Å². The van der Waals surface area contributed by atoms with Crippen LogP contribution in [0.15, 0.2) is 12.4 Å². The van der Waals surface area contributed by atoms with Crippen molar-refractivity contribution in [2.24, 2.45) is 5.41 Å². The highest BCUT2D eigenvalue weighted by atomic mass is 15.3. The van der Waals surface area contributed by atoms with E-state index in [4.69, 9.17) is 0 Å². The molecule has 0 aliphatic carbocycles. The zero-order chi connectivity index (χ0) is 14.0. The van der Waals surface area contributed by atoms with Crippen LogP contribution in [-0.2, 0) is 6.54 Å². The highest BCUT2D eigenvalue weighted by Gasteiger charge is 2.32. The van der Waals surface area contributed by atoms with Crippen molar-refractivity contribution < 1.29 is 0 Å². The molecule has 2 fully saturated rings. The Balaban J connectivity index is 1.51. The van der Waals surface area contributed by atoms with Gasteiger partial charge in [0.2, 0.25) is 0 Å². The highest BCUT2D eigenvalue weighted by molar-refractivity contribution is 5.12. The van der Waals surface area contributed by atoms with E-state index in [1.54, 1.807) is 0 Å². The lowest BCUT2D eigenvalue weighted by Gasteiger charge is -2.36. The molecule has 1 atom stereocenters. The third-order valence-corrected chi connectivity index (χ3v) is 5.10. The van der Waals surface area contributed by atoms with Crippen molar-refractivity contribution in [3.63, 3.8) is 0 Å². The fourth-order valence-electron chi connectivity index (χ4n) is 3.73. The molecule has 1 N–H and O–H groups in total. The number of hydrogen-bond donors (Lipinski definition) is 1. The summed E-state index contributed by atoms with van der Waals surface area (Å²) in [4.78, 5) is 2.67. The highest BCUT2D eigenvalue weighted by Crippen LogP contribution is 2.31. The average Bonchev–Trinajstić information content (AvgIpc) is 3.09. The third kappa shape index (κ3) is 3.07. The lowest BCUT2D eigenvalue weighted by molar-refractivity contribution is 0.144. The van der Waals surface area contributed by atoms with Crippen molar-refractivity contribution in [2.45, 2.75) is 45.6 Å². The maximum atomic E-state index is 4.42. The third-order valence-electron chi connectivity index (χ3n) is 5.10. The maximum absolute atomic E-state index is 4.42. The van der Waals surface area contributed by atoms with E-state index in [2.05, 4.69) is 41.6 Å². The summed E-state index contributed by atoms with van der Waals surface area (Å²) < 4.78 is 2.05. The minimum absolute atomic E-state index is 0.500. The van der Waals surface area contributed by atoms with Crippen LogP contribution in [-0.4, -0.2) is 47.4 Å². The van der Waals surface area contributed by atoms with Crippen molar-refractivity contribution in [2.75, 3.05) is 32.7 Å². The summed E-state index contributed by atoms with van der Waals surface area (Å²) in [5, 5.41) is 7.93. The van der Waals surface area contributed by atoms with Crippen LogP contribution in [0.2, 0.25) is 0 Å². The molecule has 2 aliphatic rings. The summed E-state index contributed by atoms with van der Waals surface area (Å²) in [6.45, 7) is 11.7. The quantitative estimate of drug-likeness (QED) is 0.914. The number of piperidine rings is 1. The van der Waals surface area contributed by atoms with Gasteiger partial charge in [-0.05, 0) is 62.7 Å². The van der Waals surface area contributed by atoms with Gasteiger partial charge in [0.25, 0.3) is 0 Å². The van der Waals surface area contributed by atoms with E-state index in [1.165, 1.54) is 57.5 Å². The van der Waals surface area contributed by atoms with Crippen molar-refractivity contribution >= 4 is 0 Å². The minimum Gasteiger partial charge on any atom is -0.316 e. The molecule has 2 saturated heterocycles. The molecule has 4 heteroatoms. The molecule has 1 aromatic heterocycles. The predicted molar refractivity (Wildman–Crippen MR) is 81.9 cm³/mol. The zero-order valence-electron chi connectivity index (χ0n) is 12.9. The van der Waals surface area contributed by atoms with Gasteiger partial charge in [-0.25, -0.2) is 0 Å². The molecule has 0 bridgehead atoms. The zero-order valence-corrected chi connectivity index (χ0v) is 12.9. The van der Waals surface area contributed by atoms with Gasteiger partial charge in [-0.15, -0.1) is 0 Å². The van der Waals surface area contributed by atoms with Gasteiger partial charge in [0.05, 0.1) is 6.20 Å². The second kappa shape index (κ2) is 5.86. The molecule has 3 heterocycles. The van der Waals surface area contributed by atoms with Crippen molar-refractivity contribution in [1.29, 1.82) is 0 Å². The first-order valence-electron chi connectivity index (χ1n) is 8.14. The molecule has 0 radical (unpaired) electrons. The van der Waals surface area contributed by atoms with Crippen molar-refractivity contribution in [1.82, 2.24) is 20.0 Å². The first kappa shape index (κ1) is 14.1. The number of nitrogens with one attached hydrogen (secondary N) is 1. The Kier molecular flexibility index (Phi) is 4.13. The Hall–Kier alpha value is -0.870. The molecular formula is C16H28N4. The fraction of sp³-hybridized carbons (Fsp3) is 0.812. The standard InChI is InChI=1S/C16H28N4/c1-3-20-11-15(10-18-20)14-4-8-19(9-5-14)13-16(2)6-7-17-12-16/h10-11,14,17H,3-9,12-13H2,1-2H3. The van der Waals surface area contributed by atoms with Gasteiger partial charge in [0.1, 0.15) is 0 Å². The number of aromatic nitrogens is 2. The van der Waals surface area contributed by atoms with Gasteiger partial charge in [-0.2, -0.15) is 5.10 Å². The second-order valence-corrected chi connectivity index (χ2v) is 6.92. The molecule has 4 nitrogen and oxygen atoms in total. The Bertz CT molecular complexity index is 425. The summed E-state index contributed by atoms with van der Waals surface area (Å²) in [5.74, 6) is 0.723. The molecule has 1 unspecified atom stereocenters. The van der Waals surface area contributed by atoms with Crippen LogP contribution < -0.4 is 5.32 Å².